The average Bonchev–Trinajstić information content (AvgIpc) is 3.10. The van der Waals surface area contributed by atoms with Crippen LogP contribution in [0.5, 0.6) is 0 Å². The van der Waals surface area contributed by atoms with Crippen LogP contribution in [0, 0.1) is 0 Å². The van der Waals surface area contributed by atoms with Gasteiger partial charge in [-0.3, -0.25) is 9.08 Å². The topological polar surface area (TPSA) is 129 Å². The standard InChI is InChI=1S/C18H23Cl2N5O4S/c1-2-3-4-5-17(26)22-16-12-15(18(21)24-29-30(27,28)11-10-19)23-25(16)14-8-6-13(20)7-9-14/h6-9,12H,2-5,10-11H2,1H3,(H2,21,24)(H,22,26). The number of nitrogens with zero attached hydrogens (tertiary/aromatic N) is 3. The predicted molar refractivity (Wildman–Crippen MR) is 118 cm³/mol. The molecule has 3 N–H and O–H groups in total. The van der Waals surface area contributed by atoms with Crippen molar-refractivity contribution in [1.82, 2.24) is 9.78 Å². The van der Waals surface area contributed by atoms with Gasteiger partial charge in [-0.15, -0.1) is 11.6 Å². The first-order chi connectivity index (χ1) is 14.3. The molecule has 0 aliphatic heterocycles. The van der Waals surface area contributed by atoms with E-state index in [-0.39, 0.29) is 23.3 Å². The van der Waals surface area contributed by atoms with Gasteiger partial charge in [-0.2, -0.15) is 13.5 Å². The molecule has 0 spiro atoms. The number of unbranched alkanes of at least 4 members (excludes halogenated alkanes) is 2. The Morgan fingerprint density at radius 1 is 1.30 bits per heavy atom. The van der Waals surface area contributed by atoms with Gasteiger partial charge in [0.2, 0.25) is 5.91 Å². The molecule has 0 bridgehead atoms. The quantitative estimate of drug-likeness (QED) is 0.168. The molecule has 1 aromatic carbocycles. The summed E-state index contributed by atoms with van der Waals surface area (Å²) in [5.41, 5.74) is 6.56. The monoisotopic (exact) mass is 475 g/mol. The SMILES string of the molecule is CCCCCC(=O)Nc1cc(C(N)=NOS(=O)(=O)CCCl)nn1-c1ccc(Cl)cc1. The molecule has 1 aromatic heterocycles. The number of oxime groups is 1. The summed E-state index contributed by atoms with van der Waals surface area (Å²) in [4.78, 5) is 12.3. The van der Waals surface area contributed by atoms with Gasteiger partial charge in [0.25, 0.3) is 0 Å². The minimum atomic E-state index is -3.95. The van der Waals surface area contributed by atoms with Crippen LogP contribution in [0.2, 0.25) is 5.02 Å². The summed E-state index contributed by atoms with van der Waals surface area (Å²) in [5.74, 6) is -0.666. The number of anilines is 1. The zero-order valence-corrected chi connectivity index (χ0v) is 18.7. The molecule has 0 aliphatic rings. The lowest BCUT2D eigenvalue weighted by Gasteiger charge is -2.09. The Morgan fingerprint density at radius 2 is 2.00 bits per heavy atom. The zero-order valence-electron chi connectivity index (χ0n) is 16.3. The Kier molecular flexibility index (Phi) is 8.94. The molecule has 0 saturated heterocycles. The van der Waals surface area contributed by atoms with Crippen molar-refractivity contribution in [3.05, 3.63) is 41.0 Å². The molecule has 0 fully saturated rings. The molecule has 1 heterocycles. The molecular formula is C18H23Cl2N5O4S. The smallest absolute Gasteiger partial charge is 0.329 e. The maximum Gasteiger partial charge on any atom is 0.329 e. The molecule has 9 nitrogen and oxygen atoms in total. The number of benzene rings is 1. The van der Waals surface area contributed by atoms with Gasteiger partial charge < -0.3 is 11.1 Å². The van der Waals surface area contributed by atoms with Crippen LogP contribution in [-0.2, 0) is 19.2 Å². The molecule has 12 heteroatoms. The molecule has 30 heavy (non-hydrogen) atoms. The average molecular weight is 476 g/mol. The number of nitrogens with two attached hydrogens (primary N) is 1. The normalized spacial score (nSPS) is 12.0. The van der Waals surface area contributed by atoms with Crippen LogP contribution in [0.15, 0.2) is 35.5 Å². The van der Waals surface area contributed by atoms with Gasteiger partial charge in [0.05, 0.1) is 5.69 Å². The summed E-state index contributed by atoms with van der Waals surface area (Å²) in [7, 11) is -3.95. The van der Waals surface area contributed by atoms with Crippen LogP contribution >= 0.6 is 23.2 Å². The summed E-state index contributed by atoms with van der Waals surface area (Å²) in [6, 6.07) is 8.23. The van der Waals surface area contributed by atoms with Crippen molar-refractivity contribution in [3.8, 4) is 5.69 Å². The molecule has 2 rings (SSSR count). The Bertz CT molecular complexity index is 991. The Labute approximate surface area is 185 Å². The number of carbonyl (C=O) groups excluding carboxylic acids is 1. The minimum absolute atomic E-state index is 0.120. The third-order valence-corrected chi connectivity index (χ3v) is 5.57. The van der Waals surface area contributed by atoms with E-state index >= 15 is 0 Å². The largest absolute Gasteiger partial charge is 0.379 e. The van der Waals surface area contributed by atoms with Crippen LogP contribution < -0.4 is 11.1 Å². The van der Waals surface area contributed by atoms with Crippen molar-refractivity contribution < 1.29 is 17.5 Å². The second-order valence-electron chi connectivity index (χ2n) is 6.31. The summed E-state index contributed by atoms with van der Waals surface area (Å²) in [5, 5.41) is 11.1. The highest BCUT2D eigenvalue weighted by Gasteiger charge is 2.17. The van der Waals surface area contributed by atoms with Gasteiger partial charge in [-0.1, -0.05) is 31.4 Å². The highest BCUT2D eigenvalue weighted by Crippen LogP contribution is 2.20. The molecule has 1 amide bonds. The number of amides is 1. The van der Waals surface area contributed by atoms with E-state index < -0.39 is 15.9 Å². The summed E-state index contributed by atoms with van der Waals surface area (Å²) >= 11 is 11.3. The highest BCUT2D eigenvalue weighted by atomic mass is 35.5. The lowest BCUT2D eigenvalue weighted by atomic mass is 10.2. The number of alkyl halides is 1. The van der Waals surface area contributed by atoms with Gasteiger partial charge in [0.1, 0.15) is 17.3 Å². The number of halogens is 2. The first-order valence-electron chi connectivity index (χ1n) is 9.22. The molecule has 0 aliphatic carbocycles. The van der Waals surface area contributed by atoms with Crippen molar-refractivity contribution in [2.45, 2.75) is 32.6 Å². The van der Waals surface area contributed by atoms with Gasteiger partial charge >= 0.3 is 10.1 Å². The predicted octanol–water partition coefficient (Wildman–Crippen LogP) is 3.25. The first-order valence-corrected chi connectivity index (χ1v) is 11.7. The second-order valence-corrected chi connectivity index (χ2v) is 8.80. The molecule has 0 radical (unpaired) electrons. The van der Waals surface area contributed by atoms with E-state index in [0.717, 1.165) is 19.3 Å². The van der Waals surface area contributed by atoms with Gasteiger partial charge in [-0.25, -0.2) is 4.68 Å². The fourth-order valence-electron chi connectivity index (χ4n) is 2.39. The molecule has 2 aromatic rings. The van der Waals surface area contributed by atoms with Crippen molar-refractivity contribution in [3.63, 3.8) is 0 Å². The van der Waals surface area contributed by atoms with E-state index in [1.165, 1.54) is 10.7 Å². The Hall–Kier alpha value is -2.30. The van der Waals surface area contributed by atoms with Crippen LogP contribution in [0.3, 0.4) is 0 Å². The summed E-state index contributed by atoms with van der Waals surface area (Å²) in [6.07, 6.45) is 3.07. The van der Waals surface area contributed by atoms with Gasteiger partial charge in [-0.05, 0) is 35.8 Å². The molecule has 0 atom stereocenters. The highest BCUT2D eigenvalue weighted by molar-refractivity contribution is 7.86. The second kappa shape index (κ2) is 11.2. The first kappa shape index (κ1) is 24.0. The van der Waals surface area contributed by atoms with Gasteiger partial charge in [0, 0.05) is 23.4 Å². The Balaban J connectivity index is 2.31. The van der Waals surface area contributed by atoms with Crippen molar-refractivity contribution in [2.75, 3.05) is 16.9 Å². The number of carbonyl (C=O) groups is 1. The van der Waals surface area contributed by atoms with Crippen LogP contribution in [0.1, 0.15) is 38.3 Å². The van der Waals surface area contributed by atoms with Crippen LogP contribution in [-0.4, -0.2) is 41.6 Å². The zero-order chi connectivity index (χ0) is 22.1. The fraction of sp³-hybridized carbons (Fsp3) is 0.389. The molecule has 0 saturated carbocycles. The van der Waals surface area contributed by atoms with Crippen molar-refractivity contribution in [2.24, 2.45) is 10.9 Å². The number of rotatable bonds is 11. The third-order valence-electron chi connectivity index (χ3n) is 3.89. The molecule has 164 valence electrons. The maximum atomic E-state index is 12.3. The van der Waals surface area contributed by atoms with E-state index in [2.05, 4.69) is 26.8 Å². The number of nitrogens with one attached hydrogen (secondary N) is 1. The third kappa shape index (κ3) is 7.19. The van der Waals surface area contributed by atoms with E-state index in [4.69, 9.17) is 28.9 Å². The number of hydrogen-bond donors (Lipinski definition) is 2. The molecule has 0 unspecified atom stereocenters. The lowest BCUT2D eigenvalue weighted by molar-refractivity contribution is -0.116. The number of aromatic nitrogens is 2. The van der Waals surface area contributed by atoms with E-state index in [0.29, 0.717) is 22.9 Å². The van der Waals surface area contributed by atoms with E-state index in [9.17, 15) is 13.2 Å². The summed E-state index contributed by atoms with van der Waals surface area (Å²) < 4.78 is 29.1. The Morgan fingerprint density at radius 3 is 2.63 bits per heavy atom. The van der Waals surface area contributed by atoms with Crippen molar-refractivity contribution in [1.29, 1.82) is 0 Å². The minimum Gasteiger partial charge on any atom is -0.379 e. The molecular weight excluding hydrogens is 453 g/mol. The lowest BCUT2D eigenvalue weighted by Crippen LogP contribution is -2.17. The van der Waals surface area contributed by atoms with Crippen molar-refractivity contribution >= 4 is 50.9 Å². The van der Waals surface area contributed by atoms with Gasteiger partial charge in [0.15, 0.2) is 5.84 Å². The number of amidine groups is 1. The van der Waals surface area contributed by atoms with E-state index in [1.807, 2.05) is 0 Å². The fourth-order valence-corrected chi connectivity index (χ4v) is 3.54. The summed E-state index contributed by atoms with van der Waals surface area (Å²) in [6.45, 7) is 2.05. The maximum absolute atomic E-state index is 12.3. The van der Waals surface area contributed by atoms with Crippen LogP contribution in [0.25, 0.3) is 5.69 Å². The number of hydrogen-bond acceptors (Lipinski definition) is 6. The van der Waals surface area contributed by atoms with Crippen LogP contribution in [0.4, 0.5) is 5.82 Å². The van der Waals surface area contributed by atoms with E-state index in [1.54, 1.807) is 24.3 Å².